The van der Waals surface area contributed by atoms with Gasteiger partial charge >= 0.3 is 0 Å². The van der Waals surface area contributed by atoms with Crippen LogP contribution in [0.2, 0.25) is 0 Å². The molecule has 8 nitrogen and oxygen atoms in total. The Morgan fingerprint density at radius 2 is 2.04 bits per heavy atom. The number of guanidine groups is 1. The third kappa shape index (κ3) is 9.13. The van der Waals surface area contributed by atoms with E-state index in [2.05, 4.69) is 44.6 Å². The molecule has 1 unspecified atom stereocenters. The molecule has 1 aliphatic rings. The number of hydrogen-bond donors (Lipinski definition) is 2. The second kappa shape index (κ2) is 13.3. The minimum Gasteiger partial charge on any atom is -0.374 e. The van der Waals surface area contributed by atoms with Crippen molar-refractivity contribution in [2.24, 2.45) is 10.9 Å². The number of nitrogens with zero attached hydrogens (tertiary/aromatic N) is 5. The van der Waals surface area contributed by atoms with Gasteiger partial charge in [0.25, 0.3) is 0 Å². The maximum Gasteiger partial charge on any atom is 0.191 e. The van der Waals surface area contributed by atoms with Crippen LogP contribution in [-0.4, -0.2) is 78.1 Å². The Balaban J connectivity index is 0.00000338. The first-order chi connectivity index (χ1) is 12.2. The normalized spacial score (nSPS) is 18.6. The molecular formula is C17H34IN7O. The molecule has 1 saturated heterocycles. The molecule has 2 heterocycles. The molecule has 2 rings (SSSR count). The number of hydrogen-bond acceptors (Lipinski definition) is 5. The van der Waals surface area contributed by atoms with Crippen LogP contribution in [0.4, 0.5) is 0 Å². The first kappa shape index (κ1) is 23.1. The second-order valence-electron chi connectivity index (χ2n) is 6.93. The van der Waals surface area contributed by atoms with Gasteiger partial charge in [0.15, 0.2) is 5.96 Å². The molecule has 1 aromatic rings. The minimum absolute atomic E-state index is 0. The van der Waals surface area contributed by atoms with Gasteiger partial charge in [-0.25, -0.2) is 0 Å². The molecule has 1 atom stereocenters. The zero-order valence-electron chi connectivity index (χ0n) is 16.2. The summed E-state index contributed by atoms with van der Waals surface area (Å²) in [7, 11) is 1.80. The van der Waals surface area contributed by atoms with Gasteiger partial charge in [-0.2, -0.15) is 0 Å². The molecule has 9 heteroatoms. The summed E-state index contributed by atoms with van der Waals surface area (Å²) in [6.45, 7) is 11.1. The summed E-state index contributed by atoms with van der Waals surface area (Å²) in [4.78, 5) is 6.78. The van der Waals surface area contributed by atoms with Crippen molar-refractivity contribution in [2.45, 2.75) is 39.3 Å². The van der Waals surface area contributed by atoms with Gasteiger partial charge in [0, 0.05) is 46.3 Å². The Bertz CT molecular complexity index is 495. The summed E-state index contributed by atoms with van der Waals surface area (Å²) in [6, 6.07) is 0. The van der Waals surface area contributed by atoms with Crippen LogP contribution in [0.3, 0.4) is 0 Å². The van der Waals surface area contributed by atoms with Crippen LogP contribution in [0.5, 0.6) is 0 Å². The fourth-order valence-corrected chi connectivity index (χ4v) is 2.98. The summed E-state index contributed by atoms with van der Waals surface area (Å²) in [5.74, 6) is 1.54. The molecule has 0 radical (unpaired) electrons. The van der Waals surface area contributed by atoms with Crippen LogP contribution >= 0.6 is 24.0 Å². The molecule has 1 aromatic heterocycles. The summed E-state index contributed by atoms with van der Waals surface area (Å²) in [6.07, 6.45) is 5.88. The van der Waals surface area contributed by atoms with Crippen molar-refractivity contribution in [3.63, 3.8) is 0 Å². The lowest BCUT2D eigenvalue weighted by atomic mass is 10.2. The van der Waals surface area contributed by atoms with E-state index < -0.39 is 0 Å². The molecule has 2 N–H and O–H groups in total. The van der Waals surface area contributed by atoms with Crippen LogP contribution in [0.1, 0.15) is 26.7 Å². The van der Waals surface area contributed by atoms with Crippen LogP contribution in [0.15, 0.2) is 17.6 Å². The average Bonchev–Trinajstić information content (AvgIpc) is 3.10. The average molecular weight is 479 g/mol. The van der Waals surface area contributed by atoms with Gasteiger partial charge in [0.2, 0.25) is 0 Å². The van der Waals surface area contributed by atoms with E-state index in [1.54, 1.807) is 19.7 Å². The molecule has 0 amide bonds. The van der Waals surface area contributed by atoms with Crippen LogP contribution in [0.25, 0.3) is 0 Å². The molecule has 150 valence electrons. The van der Waals surface area contributed by atoms with Crippen molar-refractivity contribution in [1.82, 2.24) is 30.3 Å². The lowest BCUT2D eigenvalue weighted by molar-refractivity contribution is -0.0284. The summed E-state index contributed by atoms with van der Waals surface area (Å²) >= 11 is 0. The third-order valence-corrected chi connectivity index (χ3v) is 4.17. The number of rotatable bonds is 9. The highest BCUT2D eigenvalue weighted by molar-refractivity contribution is 14.0. The van der Waals surface area contributed by atoms with Gasteiger partial charge < -0.3 is 19.9 Å². The van der Waals surface area contributed by atoms with Gasteiger partial charge in [-0.3, -0.25) is 9.89 Å². The van der Waals surface area contributed by atoms with E-state index in [0.29, 0.717) is 5.92 Å². The number of aryl methyl sites for hydroxylation is 1. The second-order valence-corrected chi connectivity index (χ2v) is 6.93. The van der Waals surface area contributed by atoms with E-state index in [-0.39, 0.29) is 30.1 Å². The minimum atomic E-state index is 0. The fourth-order valence-electron chi connectivity index (χ4n) is 2.98. The number of ether oxygens (including phenoxy) is 1. The number of nitrogens with one attached hydrogen (secondary N) is 2. The van der Waals surface area contributed by atoms with E-state index in [9.17, 15) is 0 Å². The van der Waals surface area contributed by atoms with E-state index >= 15 is 0 Å². The summed E-state index contributed by atoms with van der Waals surface area (Å²) in [5.41, 5.74) is 0. The maximum atomic E-state index is 5.87. The quantitative estimate of drug-likeness (QED) is 0.240. The van der Waals surface area contributed by atoms with Gasteiger partial charge in [-0.15, -0.1) is 34.2 Å². The highest BCUT2D eigenvalue weighted by Gasteiger charge is 2.20. The zero-order valence-corrected chi connectivity index (χ0v) is 18.6. The number of aromatic nitrogens is 3. The Kier molecular flexibility index (Phi) is 11.8. The van der Waals surface area contributed by atoms with Gasteiger partial charge in [0.1, 0.15) is 12.7 Å². The molecule has 0 saturated carbocycles. The Labute approximate surface area is 174 Å². The third-order valence-electron chi connectivity index (χ3n) is 4.17. The number of unbranched alkanes of at least 4 members (excludes halogenated alkanes) is 1. The lowest BCUT2D eigenvalue weighted by Gasteiger charge is -2.34. The predicted molar refractivity (Wildman–Crippen MR) is 115 cm³/mol. The van der Waals surface area contributed by atoms with Crippen molar-refractivity contribution in [2.75, 3.05) is 46.4 Å². The molecule has 0 aromatic carbocycles. The van der Waals surface area contributed by atoms with Gasteiger partial charge in [0.05, 0.1) is 12.7 Å². The molecule has 1 aliphatic heterocycles. The van der Waals surface area contributed by atoms with Crippen LogP contribution in [0, 0.1) is 5.92 Å². The Hall–Kier alpha value is -0.940. The number of morpholine rings is 1. The summed E-state index contributed by atoms with van der Waals surface area (Å²) in [5, 5.41) is 14.4. The zero-order chi connectivity index (χ0) is 17.9. The molecule has 0 spiro atoms. The number of halogens is 1. The first-order valence-corrected chi connectivity index (χ1v) is 9.28. The molecule has 0 bridgehead atoms. The first-order valence-electron chi connectivity index (χ1n) is 9.28. The maximum absolute atomic E-state index is 5.87. The Morgan fingerprint density at radius 3 is 2.73 bits per heavy atom. The molecular weight excluding hydrogens is 445 g/mol. The van der Waals surface area contributed by atoms with Crippen molar-refractivity contribution in [3.8, 4) is 0 Å². The van der Waals surface area contributed by atoms with Crippen LogP contribution < -0.4 is 10.6 Å². The van der Waals surface area contributed by atoms with E-state index in [1.165, 1.54) is 0 Å². The van der Waals surface area contributed by atoms with Crippen molar-refractivity contribution >= 4 is 29.9 Å². The van der Waals surface area contributed by atoms with Crippen molar-refractivity contribution in [1.29, 1.82) is 0 Å². The monoisotopic (exact) mass is 479 g/mol. The number of aliphatic imine (C=N–C) groups is 1. The van der Waals surface area contributed by atoms with E-state index in [0.717, 1.165) is 64.7 Å². The SMILES string of the molecule is CN=C(NCCCCn1cnnc1)NCC1CN(CC(C)C)CCO1.I. The van der Waals surface area contributed by atoms with Crippen molar-refractivity contribution < 1.29 is 4.74 Å². The lowest BCUT2D eigenvalue weighted by Crippen LogP contribution is -2.50. The van der Waals surface area contributed by atoms with E-state index in [4.69, 9.17) is 4.74 Å². The summed E-state index contributed by atoms with van der Waals surface area (Å²) < 4.78 is 7.86. The highest BCUT2D eigenvalue weighted by Crippen LogP contribution is 2.07. The molecule has 0 aliphatic carbocycles. The molecule has 1 fully saturated rings. The topological polar surface area (TPSA) is 79.6 Å². The van der Waals surface area contributed by atoms with E-state index in [1.807, 2.05) is 4.57 Å². The predicted octanol–water partition coefficient (Wildman–Crippen LogP) is 1.20. The van der Waals surface area contributed by atoms with Gasteiger partial charge in [-0.05, 0) is 18.8 Å². The fraction of sp³-hybridized carbons (Fsp3) is 0.824. The largest absolute Gasteiger partial charge is 0.374 e. The van der Waals surface area contributed by atoms with Crippen LogP contribution in [-0.2, 0) is 11.3 Å². The molecule has 26 heavy (non-hydrogen) atoms. The smallest absolute Gasteiger partial charge is 0.191 e. The Morgan fingerprint density at radius 1 is 1.27 bits per heavy atom. The van der Waals surface area contributed by atoms with Crippen molar-refractivity contribution in [3.05, 3.63) is 12.7 Å². The van der Waals surface area contributed by atoms with Gasteiger partial charge in [-0.1, -0.05) is 13.8 Å². The standard InChI is InChI=1S/C17H33N7O.HI/c1-15(2)11-23-8-9-25-16(12-23)10-20-17(18-3)19-6-4-5-7-24-13-21-22-14-24;/h13-16H,4-12H2,1-3H3,(H2,18,19,20);1H. The highest BCUT2D eigenvalue weighted by atomic mass is 127.